The summed E-state index contributed by atoms with van der Waals surface area (Å²) in [5, 5.41) is 3.30. The molecule has 0 spiro atoms. The van der Waals surface area contributed by atoms with Gasteiger partial charge in [0.2, 0.25) is 0 Å². The second-order valence-corrected chi connectivity index (χ2v) is 4.31. The Kier molecular flexibility index (Phi) is 4.71. The third-order valence-electron chi connectivity index (χ3n) is 2.67. The van der Waals surface area contributed by atoms with Crippen molar-refractivity contribution >= 4 is 17.1 Å². The highest BCUT2D eigenvalue weighted by molar-refractivity contribution is 5.67. The summed E-state index contributed by atoms with van der Waals surface area (Å²) in [6.07, 6.45) is 0. The molecule has 106 valence electrons. The molecule has 0 saturated carbocycles. The molecule has 2 aromatic carbocycles. The molecule has 0 aliphatic carbocycles. The first kappa shape index (κ1) is 14.1. The molecule has 0 heterocycles. The van der Waals surface area contributed by atoms with Gasteiger partial charge in [-0.2, -0.15) is 0 Å². The van der Waals surface area contributed by atoms with Gasteiger partial charge in [0.1, 0.15) is 11.5 Å². The molecule has 3 N–H and O–H groups in total. The normalized spacial score (nSPS) is 10.1. The largest absolute Gasteiger partial charge is 0.494 e. The fraction of sp³-hybridized carbons (Fsp3) is 0.250. The molecule has 0 bridgehead atoms. The molecule has 2 aromatic rings. The summed E-state index contributed by atoms with van der Waals surface area (Å²) in [4.78, 5) is 0. The van der Waals surface area contributed by atoms with Crippen LogP contribution in [0.3, 0.4) is 0 Å². The van der Waals surface area contributed by atoms with Gasteiger partial charge in [-0.15, -0.1) is 0 Å². The first-order chi connectivity index (χ1) is 9.71. The van der Waals surface area contributed by atoms with E-state index in [4.69, 9.17) is 15.2 Å². The molecular weight excluding hydrogens is 252 g/mol. The maximum atomic E-state index is 5.88. The van der Waals surface area contributed by atoms with E-state index in [9.17, 15) is 0 Å². The first-order valence-corrected chi connectivity index (χ1v) is 6.74. The lowest BCUT2D eigenvalue weighted by Gasteiger charge is -2.11. The Morgan fingerprint density at radius 3 is 2.35 bits per heavy atom. The summed E-state index contributed by atoms with van der Waals surface area (Å²) in [7, 11) is 0. The van der Waals surface area contributed by atoms with Gasteiger partial charge in [-0.3, -0.25) is 0 Å². The second-order valence-electron chi connectivity index (χ2n) is 4.31. The number of hydrogen-bond donors (Lipinski definition) is 2. The number of nitrogens with two attached hydrogens (primary N) is 1. The van der Waals surface area contributed by atoms with Gasteiger partial charge in [-0.25, -0.2) is 0 Å². The van der Waals surface area contributed by atoms with Gasteiger partial charge in [-0.1, -0.05) is 6.07 Å². The number of ether oxygens (including phenoxy) is 2. The fourth-order valence-electron chi connectivity index (χ4n) is 1.94. The van der Waals surface area contributed by atoms with Gasteiger partial charge in [0.15, 0.2) is 0 Å². The molecule has 0 fully saturated rings. The molecule has 0 aliphatic heterocycles. The molecule has 0 radical (unpaired) electrons. The molecule has 0 saturated heterocycles. The van der Waals surface area contributed by atoms with Crippen molar-refractivity contribution in [2.75, 3.05) is 24.3 Å². The van der Waals surface area contributed by atoms with E-state index in [1.165, 1.54) is 0 Å². The second kappa shape index (κ2) is 6.70. The third-order valence-corrected chi connectivity index (χ3v) is 2.67. The van der Waals surface area contributed by atoms with Crippen molar-refractivity contribution in [3.8, 4) is 11.5 Å². The summed E-state index contributed by atoms with van der Waals surface area (Å²) >= 11 is 0. The Hall–Kier alpha value is -2.36. The Morgan fingerprint density at radius 2 is 1.60 bits per heavy atom. The zero-order valence-electron chi connectivity index (χ0n) is 11.8. The van der Waals surface area contributed by atoms with E-state index in [2.05, 4.69) is 5.32 Å². The lowest BCUT2D eigenvalue weighted by Crippen LogP contribution is -1.97. The number of benzene rings is 2. The molecule has 20 heavy (non-hydrogen) atoms. The molecular formula is C16H20N2O2. The summed E-state index contributed by atoms with van der Waals surface area (Å²) in [5.74, 6) is 1.60. The molecule has 0 aliphatic rings. The Morgan fingerprint density at radius 1 is 0.900 bits per heavy atom. The SMILES string of the molecule is CCOc1cccc(Nc2cc(N)cc(OCC)c2)c1. The minimum absolute atomic E-state index is 0.614. The summed E-state index contributed by atoms with van der Waals surface area (Å²) in [6.45, 7) is 5.17. The minimum Gasteiger partial charge on any atom is -0.494 e. The van der Waals surface area contributed by atoms with Crippen LogP contribution in [0.1, 0.15) is 13.8 Å². The van der Waals surface area contributed by atoms with Gasteiger partial charge >= 0.3 is 0 Å². The smallest absolute Gasteiger partial charge is 0.123 e. The van der Waals surface area contributed by atoms with E-state index in [1.807, 2.05) is 56.3 Å². The van der Waals surface area contributed by atoms with Crippen molar-refractivity contribution in [3.05, 3.63) is 42.5 Å². The molecule has 4 heteroatoms. The number of anilines is 3. The lowest BCUT2D eigenvalue weighted by molar-refractivity contribution is 0.340. The lowest BCUT2D eigenvalue weighted by atomic mass is 10.2. The molecule has 4 nitrogen and oxygen atoms in total. The van der Waals surface area contributed by atoms with Crippen molar-refractivity contribution in [1.29, 1.82) is 0 Å². The van der Waals surface area contributed by atoms with Crippen molar-refractivity contribution in [2.24, 2.45) is 0 Å². The Balaban J connectivity index is 2.18. The maximum absolute atomic E-state index is 5.88. The van der Waals surface area contributed by atoms with E-state index < -0.39 is 0 Å². The van der Waals surface area contributed by atoms with Crippen LogP contribution in [0.25, 0.3) is 0 Å². The molecule has 0 atom stereocenters. The van der Waals surface area contributed by atoms with E-state index in [1.54, 1.807) is 0 Å². The van der Waals surface area contributed by atoms with Crippen LogP contribution < -0.4 is 20.5 Å². The van der Waals surface area contributed by atoms with Crippen LogP contribution in [0.5, 0.6) is 11.5 Å². The summed E-state index contributed by atoms with van der Waals surface area (Å²) in [6, 6.07) is 13.4. The predicted molar refractivity (Wildman–Crippen MR) is 82.9 cm³/mol. The Labute approximate surface area is 119 Å². The topological polar surface area (TPSA) is 56.5 Å². The first-order valence-electron chi connectivity index (χ1n) is 6.74. The van der Waals surface area contributed by atoms with Crippen molar-refractivity contribution in [1.82, 2.24) is 0 Å². The Bertz CT molecular complexity index is 570. The van der Waals surface area contributed by atoms with Crippen LogP contribution in [0.2, 0.25) is 0 Å². The summed E-state index contributed by atoms with van der Waals surface area (Å²) < 4.78 is 11.0. The monoisotopic (exact) mass is 272 g/mol. The standard InChI is InChI=1S/C16H20N2O2/c1-3-19-15-7-5-6-13(10-15)18-14-8-12(17)9-16(11-14)20-4-2/h5-11,18H,3-4,17H2,1-2H3. The zero-order chi connectivity index (χ0) is 14.4. The van der Waals surface area contributed by atoms with Crippen LogP contribution in [0.4, 0.5) is 17.1 Å². The van der Waals surface area contributed by atoms with E-state index in [0.29, 0.717) is 18.9 Å². The minimum atomic E-state index is 0.614. The van der Waals surface area contributed by atoms with E-state index in [-0.39, 0.29) is 0 Å². The van der Waals surface area contributed by atoms with Gasteiger partial charge in [0.25, 0.3) is 0 Å². The average molecular weight is 272 g/mol. The van der Waals surface area contributed by atoms with Crippen LogP contribution >= 0.6 is 0 Å². The van der Waals surface area contributed by atoms with Crippen molar-refractivity contribution < 1.29 is 9.47 Å². The molecule has 2 rings (SSSR count). The fourth-order valence-corrected chi connectivity index (χ4v) is 1.94. The van der Waals surface area contributed by atoms with E-state index in [0.717, 1.165) is 22.9 Å². The van der Waals surface area contributed by atoms with Gasteiger partial charge in [-0.05, 0) is 32.0 Å². The van der Waals surface area contributed by atoms with Gasteiger partial charge < -0.3 is 20.5 Å². The van der Waals surface area contributed by atoms with Crippen molar-refractivity contribution in [3.63, 3.8) is 0 Å². The zero-order valence-corrected chi connectivity index (χ0v) is 11.8. The van der Waals surface area contributed by atoms with Gasteiger partial charge in [0.05, 0.1) is 13.2 Å². The van der Waals surface area contributed by atoms with Crippen LogP contribution in [-0.2, 0) is 0 Å². The highest BCUT2D eigenvalue weighted by Crippen LogP contribution is 2.27. The number of rotatable bonds is 6. The predicted octanol–water partition coefficient (Wildman–Crippen LogP) is 3.81. The van der Waals surface area contributed by atoms with Crippen molar-refractivity contribution in [2.45, 2.75) is 13.8 Å². The van der Waals surface area contributed by atoms with E-state index >= 15 is 0 Å². The highest BCUT2D eigenvalue weighted by Gasteiger charge is 2.02. The highest BCUT2D eigenvalue weighted by atomic mass is 16.5. The number of hydrogen-bond acceptors (Lipinski definition) is 4. The van der Waals surface area contributed by atoms with Gasteiger partial charge in [0, 0.05) is 35.3 Å². The van der Waals surface area contributed by atoms with Crippen LogP contribution in [0, 0.1) is 0 Å². The third kappa shape index (κ3) is 3.82. The molecule has 0 unspecified atom stereocenters. The molecule has 0 aromatic heterocycles. The van der Waals surface area contributed by atoms with Crippen LogP contribution in [-0.4, -0.2) is 13.2 Å². The average Bonchev–Trinajstić information content (AvgIpc) is 2.39. The maximum Gasteiger partial charge on any atom is 0.123 e. The molecule has 0 amide bonds. The van der Waals surface area contributed by atoms with Crippen LogP contribution in [0.15, 0.2) is 42.5 Å². The number of nitrogen functional groups attached to an aromatic ring is 1. The quantitative estimate of drug-likeness (QED) is 0.785. The number of nitrogens with one attached hydrogen (secondary N) is 1. The summed E-state index contributed by atoms with van der Waals surface area (Å²) in [5.41, 5.74) is 8.38.